The number of amides is 1. The van der Waals surface area contributed by atoms with Crippen molar-refractivity contribution in [1.29, 1.82) is 0 Å². The lowest BCUT2D eigenvalue weighted by Crippen LogP contribution is -2.24. The molecule has 0 aliphatic carbocycles. The van der Waals surface area contributed by atoms with Gasteiger partial charge in [-0.05, 0) is 47.9 Å². The molecule has 33 heavy (non-hydrogen) atoms. The lowest BCUT2D eigenvalue weighted by molar-refractivity contribution is -0.138. The first-order valence-electron chi connectivity index (χ1n) is 10.1. The first-order chi connectivity index (χ1) is 15.8. The van der Waals surface area contributed by atoms with E-state index in [-0.39, 0.29) is 23.7 Å². The van der Waals surface area contributed by atoms with Gasteiger partial charge in [0.1, 0.15) is 18.2 Å². The van der Waals surface area contributed by atoms with Crippen LogP contribution in [0.5, 0.6) is 5.75 Å². The Bertz CT molecular complexity index is 1170. The molecule has 0 saturated heterocycles. The van der Waals surface area contributed by atoms with Crippen molar-refractivity contribution in [1.82, 2.24) is 5.32 Å². The smallest absolute Gasteiger partial charge is 0.407 e. The molecule has 3 rings (SSSR count). The molecule has 8 heteroatoms. The quantitative estimate of drug-likeness (QED) is 0.435. The van der Waals surface area contributed by atoms with Gasteiger partial charge in [0.25, 0.3) is 0 Å². The Morgan fingerprint density at radius 3 is 2.52 bits per heavy atom. The molecule has 172 valence electrons. The van der Waals surface area contributed by atoms with Crippen molar-refractivity contribution in [2.45, 2.75) is 26.0 Å². The summed E-state index contributed by atoms with van der Waals surface area (Å²) < 4.78 is 24.3. The number of hydrogen-bond donors (Lipinski definition) is 2. The molecule has 0 radical (unpaired) electrons. The van der Waals surface area contributed by atoms with Crippen LogP contribution in [0.4, 0.5) is 9.18 Å². The fourth-order valence-electron chi connectivity index (χ4n) is 3.23. The van der Waals surface area contributed by atoms with Crippen molar-refractivity contribution in [3.63, 3.8) is 0 Å². The Balaban J connectivity index is 1.70. The fraction of sp³-hybridized carbons (Fsp3) is 0.200. The molecule has 0 aliphatic rings. The molecule has 0 heterocycles. The molecule has 0 bridgehead atoms. The van der Waals surface area contributed by atoms with E-state index in [1.807, 2.05) is 24.3 Å². The van der Waals surface area contributed by atoms with Crippen molar-refractivity contribution in [2.24, 2.45) is 0 Å². The number of hydrogen-bond acceptors (Lipinski definition) is 4. The van der Waals surface area contributed by atoms with E-state index in [1.165, 1.54) is 19.2 Å². The number of carbonyl (C=O) groups is 2. The number of methoxy groups -OCH3 is 1. The van der Waals surface area contributed by atoms with Gasteiger partial charge in [-0.1, -0.05) is 48.0 Å². The van der Waals surface area contributed by atoms with Crippen LogP contribution in [0.3, 0.4) is 0 Å². The van der Waals surface area contributed by atoms with Crippen LogP contribution in [0, 0.1) is 5.82 Å². The maximum atomic E-state index is 13.8. The molecule has 0 aromatic heterocycles. The van der Waals surface area contributed by atoms with E-state index >= 15 is 0 Å². The van der Waals surface area contributed by atoms with Gasteiger partial charge in [0.05, 0.1) is 13.0 Å². The van der Waals surface area contributed by atoms with Crippen LogP contribution in [0.1, 0.15) is 29.5 Å². The topological polar surface area (TPSA) is 84.9 Å². The van der Waals surface area contributed by atoms with Gasteiger partial charge in [0.15, 0.2) is 0 Å². The summed E-state index contributed by atoms with van der Waals surface area (Å²) >= 11 is 5.72. The Morgan fingerprint density at radius 2 is 1.82 bits per heavy atom. The van der Waals surface area contributed by atoms with Crippen LogP contribution in [-0.2, 0) is 22.7 Å². The highest BCUT2D eigenvalue weighted by molar-refractivity contribution is 6.30. The van der Waals surface area contributed by atoms with Crippen molar-refractivity contribution in [3.05, 3.63) is 88.2 Å². The minimum Gasteiger partial charge on any atom is -0.496 e. The summed E-state index contributed by atoms with van der Waals surface area (Å²) in [6, 6.07) is 16.9. The van der Waals surface area contributed by atoms with E-state index in [9.17, 15) is 19.1 Å². The lowest BCUT2D eigenvalue weighted by atomic mass is 9.95. The van der Waals surface area contributed by atoms with E-state index in [0.717, 1.165) is 17.2 Å². The minimum atomic E-state index is -0.899. The number of rotatable bonds is 8. The summed E-state index contributed by atoms with van der Waals surface area (Å²) in [5.74, 6) is -1.52. The van der Waals surface area contributed by atoms with Crippen molar-refractivity contribution in [3.8, 4) is 16.9 Å². The number of carboxylic acid groups (broad SMARTS) is 1. The third-order valence-corrected chi connectivity index (χ3v) is 5.40. The van der Waals surface area contributed by atoms with Gasteiger partial charge in [-0.25, -0.2) is 9.18 Å². The predicted molar refractivity (Wildman–Crippen MR) is 123 cm³/mol. The molecular formula is C25H23ClFNO5. The molecule has 3 aromatic rings. The fourth-order valence-corrected chi connectivity index (χ4v) is 3.39. The number of benzene rings is 3. The molecule has 0 aliphatic heterocycles. The van der Waals surface area contributed by atoms with E-state index in [2.05, 4.69) is 5.32 Å². The van der Waals surface area contributed by atoms with Gasteiger partial charge in [-0.3, -0.25) is 4.79 Å². The molecule has 0 fully saturated rings. The summed E-state index contributed by atoms with van der Waals surface area (Å²) in [4.78, 5) is 23.4. The largest absolute Gasteiger partial charge is 0.496 e. The monoisotopic (exact) mass is 471 g/mol. The molecular weight excluding hydrogens is 449 g/mol. The zero-order valence-corrected chi connectivity index (χ0v) is 18.9. The van der Waals surface area contributed by atoms with E-state index < -0.39 is 23.8 Å². The van der Waals surface area contributed by atoms with Crippen LogP contribution in [0.25, 0.3) is 11.1 Å². The molecule has 2 N–H and O–H groups in total. The van der Waals surface area contributed by atoms with Gasteiger partial charge >= 0.3 is 12.1 Å². The van der Waals surface area contributed by atoms with Gasteiger partial charge in [-0.15, -0.1) is 0 Å². The van der Waals surface area contributed by atoms with E-state index in [1.54, 1.807) is 25.1 Å². The Hall–Kier alpha value is -3.58. The number of carbonyl (C=O) groups excluding carboxylic acids is 1. The summed E-state index contributed by atoms with van der Waals surface area (Å²) in [7, 11) is 1.52. The van der Waals surface area contributed by atoms with E-state index in [0.29, 0.717) is 16.9 Å². The van der Waals surface area contributed by atoms with Crippen molar-refractivity contribution < 1.29 is 28.6 Å². The average Bonchev–Trinajstić information content (AvgIpc) is 2.81. The molecule has 3 aromatic carbocycles. The van der Waals surface area contributed by atoms with Gasteiger partial charge in [0, 0.05) is 22.7 Å². The number of carboxylic acids is 1. The molecule has 0 saturated carbocycles. The Morgan fingerprint density at radius 1 is 1.06 bits per heavy atom. The zero-order chi connectivity index (χ0) is 24.0. The Labute approximate surface area is 195 Å². The van der Waals surface area contributed by atoms with Crippen molar-refractivity contribution >= 4 is 23.7 Å². The zero-order valence-electron chi connectivity index (χ0n) is 18.1. The number of halogens is 2. The average molecular weight is 472 g/mol. The summed E-state index contributed by atoms with van der Waals surface area (Å²) in [5.41, 5.74) is 3.27. The van der Waals surface area contributed by atoms with Crippen LogP contribution in [0.15, 0.2) is 60.7 Å². The highest BCUT2D eigenvalue weighted by Crippen LogP contribution is 2.29. The number of aliphatic carboxylic acids is 1. The standard InChI is InChI=1S/C25H23ClFNO5/c1-15(24(29)30)16-4-3-5-17(10-16)18-7-9-23(32-2)20(11-18)13-28-25(31)33-14-19-6-8-21(26)12-22(19)27/h3-12,15H,13-14H2,1-2H3,(H,28,31)(H,29,30). The number of alkyl carbamates (subject to hydrolysis) is 1. The van der Waals surface area contributed by atoms with Crippen LogP contribution in [-0.4, -0.2) is 24.3 Å². The molecule has 1 amide bonds. The maximum Gasteiger partial charge on any atom is 0.407 e. The highest BCUT2D eigenvalue weighted by Gasteiger charge is 2.15. The summed E-state index contributed by atoms with van der Waals surface area (Å²) in [5, 5.41) is 12.2. The molecule has 0 spiro atoms. The van der Waals surface area contributed by atoms with E-state index in [4.69, 9.17) is 21.1 Å². The van der Waals surface area contributed by atoms with Gasteiger partial charge in [0.2, 0.25) is 0 Å². The second kappa shape index (κ2) is 10.8. The summed E-state index contributed by atoms with van der Waals surface area (Å²) in [6.45, 7) is 1.51. The van der Waals surface area contributed by atoms with Gasteiger partial charge < -0.3 is 19.9 Å². The normalized spacial score (nSPS) is 11.5. The highest BCUT2D eigenvalue weighted by atomic mass is 35.5. The molecule has 6 nitrogen and oxygen atoms in total. The van der Waals surface area contributed by atoms with Crippen LogP contribution < -0.4 is 10.1 Å². The second-order valence-electron chi connectivity index (χ2n) is 7.38. The maximum absolute atomic E-state index is 13.8. The SMILES string of the molecule is COc1ccc(-c2cccc(C(C)C(=O)O)c2)cc1CNC(=O)OCc1ccc(Cl)cc1F. The van der Waals surface area contributed by atoms with Crippen molar-refractivity contribution in [2.75, 3.05) is 7.11 Å². The summed E-state index contributed by atoms with van der Waals surface area (Å²) in [6.07, 6.45) is -0.714. The first kappa shape index (κ1) is 24.1. The lowest BCUT2D eigenvalue weighted by Gasteiger charge is -2.14. The van der Waals surface area contributed by atoms with Crippen LogP contribution >= 0.6 is 11.6 Å². The van der Waals surface area contributed by atoms with Crippen LogP contribution in [0.2, 0.25) is 5.02 Å². The number of nitrogens with one attached hydrogen (secondary N) is 1. The molecule has 1 atom stereocenters. The third-order valence-electron chi connectivity index (χ3n) is 5.17. The minimum absolute atomic E-state index is 0.115. The van der Waals surface area contributed by atoms with Gasteiger partial charge in [-0.2, -0.15) is 0 Å². The second-order valence-corrected chi connectivity index (χ2v) is 7.81. The third kappa shape index (κ3) is 6.23. The Kier molecular flexibility index (Phi) is 7.90. The first-order valence-corrected chi connectivity index (χ1v) is 10.5. The molecule has 1 unspecified atom stereocenters. The number of ether oxygens (including phenoxy) is 2. The predicted octanol–water partition coefficient (Wildman–Crippen LogP) is 5.77.